The van der Waals surface area contributed by atoms with E-state index in [1.807, 2.05) is 13.8 Å². The van der Waals surface area contributed by atoms with Crippen LogP contribution in [-0.4, -0.2) is 22.9 Å². The summed E-state index contributed by atoms with van der Waals surface area (Å²) in [6.07, 6.45) is 11.5. The van der Waals surface area contributed by atoms with Crippen molar-refractivity contribution in [2.75, 3.05) is 0 Å². The molecular formula is C18H32BrNO5. The van der Waals surface area contributed by atoms with Crippen molar-refractivity contribution in [2.45, 2.75) is 84.3 Å². The van der Waals surface area contributed by atoms with E-state index in [0.29, 0.717) is 0 Å². The van der Waals surface area contributed by atoms with E-state index in [-0.39, 0.29) is 12.3 Å². The third-order valence-corrected chi connectivity index (χ3v) is 3.96. The Morgan fingerprint density at radius 1 is 1.16 bits per heavy atom. The van der Waals surface area contributed by atoms with E-state index in [1.165, 1.54) is 38.4 Å². The van der Waals surface area contributed by atoms with Crippen LogP contribution in [0.1, 0.15) is 78.6 Å². The second kappa shape index (κ2) is 14.1. The topological polar surface area (TPSA) is 84.9 Å². The molecule has 0 heterocycles. The molecule has 0 bridgehead atoms. The molecule has 0 fully saturated rings. The molecule has 0 aromatic carbocycles. The average Bonchev–Trinajstić information content (AvgIpc) is 2.54. The summed E-state index contributed by atoms with van der Waals surface area (Å²) in [5.41, 5.74) is -2.12. The van der Waals surface area contributed by atoms with Crippen LogP contribution in [0, 0.1) is 5.92 Å². The minimum absolute atomic E-state index is 0.00821. The Bertz CT molecular complexity index is 414. The number of rotatable bonds is 13. The van der Waals surface area contributed by atoms with Crippen LogP contribution in [-0.2, 0) is 13.4 Å². The zero-order valence-corrected chi connectivity index (χ0v) is 17.1. The molecule has 0 spiro atoms. The molecule has 0 saturated heterocycles. The first-order valence-electron chi connectivity index (χ1n) is 9.05. The van der Waals surface area contributed by atoms with Gasteiger partial charge in [-0.05, 0) is 24.8 Å². The molecule has 6 nitrogen and oxygen atoms in total. The summed E-state index contributed by atoms with van der Waals surface area (Å²) in [5.74, 6) is -1.03. The van der Waals surface area contributed by atoms with Gasteiger partial charge in [-0.25, -0.2) is 9.59 Å². The van der Waals surface area contributed by atoms with Gasteiger partial charge in [-0.2, -0.15) is 0 Å². The van der Waals surface area contributed by atoms with Crippen LogP contribution in [0.5, 0.6) is 0 Å². The number of carbonyl (C=O) groups excluding carboxylic acids is 2. The highest BCUT2D eigenvalue weighted by molar-refractivity contribution is 9.06. The normalized spacial score (nSPS) is 13.7. The van der Waals surface area contributed by atoms with Crippen molar-refractivity contribution in [2.24, 2.45) is 5.92 Å². The minimum Gasteiger partial charge on any atom is -0.419 e. The van der Waals surface area contributed by atoms with E-state index >= 15 is 0 Å². The zero-order valence-electron chi connectivity index (χ0n) is 15.6. The van der Waals surface area contributed by atoms with Crippen molar-refractivity contribution < 1.29 is 23.3 Å². The summed E-state index contributed by atoms with van der Waals surface area (Å²) in [5, 5.41) is 12.4. The van der Waals surface area contributed by atoms with Gasteiger partial charge < -0.3 is 13.7 Å². The van der Waals surface area contributed by atoms with Crippen molar-refractivity contribution in [3.8, 4) is 0 Å². The monoisotopic (exact) mass is 421 g/mol. The number of hydrogen-bond acceptors (Lipinski definition) is 5. The van der Waals surface area contributed by atoms with Gasteiger partial charge in [0.15, 0.2) is 16.3 Å². The second-order valence-corrected chi connectivity index (χ2v) is 6.96. The van der Waals surface area contributed by atoms with Crippen LogP contribution in [0.2, 0.25) is 0 Å². The summed E-state index contributed by atoms with van der Waals surface area (Å²) >= 11 is 2.52. The van der Waals surface area contributed by atoms with Gasteiger partial charge in [-0.15, -0.1) is 0 Å². The van der Waals surface area contributed by atoms with Gasteiger partial charge in [0.1, 0.15) is 0 Å². The van der Waals surface area contributed by atoms with Gasteiger partial charge in [-0.3, -0.25) is 5.32 Å². The molecule has 0 aliphatic carbocycles. The summed E-state index contributed by atoms with van der Waals surface area (Å²) in [7, 11) is 0. The Kier molecular flexibility index (Phi) is 13.5. The van der Waals surface area contributed by atoms with Crippen LogP contribution in [0.15, 0.2) is 12.3 Å². The number of allylic oxidation sites excluding steroid dienone is 1. The first kappa shape index (κ1) is 23.9. The van der Waals surface area contributed by atoms with Crippen molar-refractivity contribution >= 4 is 28.3 Å². The molecule has 1 atom stereocenters. The maximum absolute atomic E-state index is 11.7. The largest absolute Gasteiger partial charge is 0.419 e. The molecule has 0 radical (unpaired) electrons. The molecule has 2 N–H and O–H groups in total. The van der Waals surface area contributed by atoms with E-state index in [0.717, 1.165) is 19.3 Å². The second-order valence-electron chi connectivity index (χ2n) is 6.63. The quantitative estimate of drug-likeness (QED) is 0.249. The van der Waals surface area contributed by atoms with Crippen molar-refractivity contribution in [3.05, 3.63) is 12.3 Å². The lowest BCUT2D eigenvalue weighted by molar-refractivity contribution is -0.157. The Hall–Kier alpha value is -1.08. The van der Waals surface area contributed by atoms with E-state index in [4.69, 9.17) is 4.74 Å². The van der Waals surface area contributed by atoms with E-state index in [2.05, 4.69) is 32.3 Å². The molecule has 0 aliphatic heterocycles. The predicted octanol–water partition coefficient (Wildman–Crippen LogP) is 4.95. The van der Waals surface area contributed by atoms with E-state index in [9.17, 15) is 14.7 Å². The molecule has 0 unspecified atom stereocenters. The first-order valence-corrected chi connectivity index (χ1v) is 9.69. The number of ether oxygens (including phenoxy) is 1. The van der Waals surface area contributed by atoms with Crippen LogP contribution in [0.3, 0.4) is 0 Å². The molecule has 0 saturated carbocycles. The Morgan fingerprint density at radius 3 is 2.32 bits per heavy atom. The highest BCUT2D eigenvalue weighted by Crippen LogP contribution is 2.17. The SMILES string of the molecule is CCCCCCCCC/C=C/OC(=O)N[C@@](O)(CC(C)C)C(=O)OBr. The highest BCUT2D eigenvalue weighted by Gasteiger charge is 2.40. The zero-order chi connectivity index (χ0) is 19.1. The Balaban J connectivity index is 4.05. The molecular weight excluding hydrogens is 390 g/mol. The molecule has 0 rings (SSSR count). The molecule has 25 heavy (non-hydrogen) atoms. The fraction of sp³-hybridized carbons (Fsp3) is 0.778. The minimum atomic E-state index is -2.12. The number of unbranched alkanes of at least 4 members (excludes halogenated alkanes) is 7. The number of hydrogen-bond donors (Lipinski definition) is 2. The lowest BCUT2D eigenvalue weighted by atomic mass is 10.0. The summed E-state index contributed by atoms with van der Waals surface area (Å²) in [6.45, 7) is 5.82. The maximum Gasteiger partial charge on any atom is 0.414 e. The van der Waals surface area contributed by atoms with Gasteiger partial charge >= 0.3 is 12.1 Å². The van der Waals surface area contributed by atoms with Crippen LogP contribution < -0.4 is 5.32 Å². The van der Waals surface area contributed by atoms with Gasteiger partial charge in [0, 0.05) is 6.42 Å². The van der Waals surface area contributed by atoms with Gasteiger partial charge in [-0.1, -0.05) is 59.3 Å². The van der Waals surface area contributed by atoms with Crippen LogP contribution >= 0.6 is 16.3 Å². The number of nitrogens with one attached hydrogen (secondary N) is 1. The van der Waals surface area contributed by atoms with E-state index in [1.54, 1.807) is 6.08 Å². The van der Waals surface area contributed by atoms with Crippen LogP contribution in [0.25, 0.3) is 0 Å². The average molecular weight is 422 g/mol. The van der Waals surface area contributed by atoms with E-state index < -0.39 is 17.8 Å². The predicted molar refractivity (Wildman–Crippen MR) is 101 cm³/mol. The van der Waals surface area contributed by atoms with Crippen molar-refractivity contribution in [1.82, 2.24) is 5.32 Å². The lowest BCUT2D eigenvalue weighted by Gasteiger charge is -2.26. The van der Waals surface area contributed by atoms with Crippen molar-refractivity contribution in [1.29, 1.82) is 0 Å². The molecule has 7 heteroatoms. The fourth-order valence-electron chi connectivity index (χ4n) is 2.44. The molecule has 0 aliphatic rings. The smallest absolute Gasteiger partial charge is 0.414 e. The molecule has 0 aromatic rings. The molecule has 0 aromatic heterocycles. The summed E-state index contributed by atoms with van der Waals surface area (Å²) < 4.78 is 9.22. The molecule has 146 valence electrons. The summed E-state index contributed by atoms with van der Waals surface area (Å²) in [6, 6.07) is 0. The Morgan fingerprint density at radius 2 is 1.76 bits per heavy atom. The summed E-state index contributed by atoms with van der Waals surface area (Å²) in [4.78, 5) is 23.4. The first-order chi connectivity index (χ1) is 11.9. The number of carbonyl (C=O) groups is 2. The number of aliphatic hydroxyl groups is 1. The maximum atomic E-state index is 11.7. The van der Waals surface area contributed by atoms with Gasteiger partial charge in [0.05, 0.1) is 6.26 Å². The molecule has 1 amide bonds. The number of alkyl carbamates (subject to hydrolysis) is 1. The van der Waals surface area contributed by atoms with Gasteiger partial charge in [0.2, 0.25) is 5.72 Å². The number of amides is 1. The van der Waals surface area contributed by atoms with Gasteiger partial charge in [0.25, 0.3) is 0 Å². The standard InChI is InChI=1S/C18H32BrNO5/c1-4-5-6-7-8-9-10-11-12-13-24-17(22)20-18(23,14-15(2)3)16(21)25-19/h12-13,15,23H,4-11,14H2,1-3H3,(H,20,22)/b13-12+/t18-/m1/s1. The third-order valence-electron chi connectivity index (χ3n) is 3.67. The highest BCUT2D eigenvalue weighted by atomic mass is 79.9. The fourth-order valence-corrected chi connectivity index (χ4v) is 2.70. The third kappa shape index (κ3) is 12.0. The Labute approximate surface area is 159 Å². The van der Waals surface area contributed by atoms with Crippen LogP contribution in [0.4, 0.5) is 4.79 Å². The van der Waals surface area contributed by atoms with Crippen molar-refractivity contribution in [3.63, 3.8) is 0 Å². The lowest BCUT2D eigenvalue weighted by Crippen LogP contribution is -2.55. The number of halogens is 1.